The Hall–Kier alpha value is -0.690. The van der Waals surface area contributed by atoms with Crippen molar-refractivity contribution in [1.29, 1.82) is 0 Å². The molecular weight excluding hydrogens is 392 g/mol. The minimum absolute atomic E-state index is 0.00345. The Balaban J connectivity index is 1.78. The second kappa shape index (κ2) is 5.36. The van der Waals surface area contributed by atoms with Crippen LogP contribution in [0.1, 0.15) is 16.5 Å². The summed E-state index contributed by atoms with van der Waals surface area (Å²) in [6.45, 7) is 0.681. The van der Waals surface area contributed by atoms with E-state index in [-0.39, 0.29) is 11.9 Å². The number of benzene rings is 1. The van der Waals surface area contributed by atoms with Gasteiger partial charge in [0, 0.05) is 27.1 Å². The fraction of sp³-hybridized carbons (Fsp3) is 0.154. The summed E-state index contributed by atoms with van der Waals surface area (Å²) in [4.78, 5) is 13.2. The number of nitrogens with one attached hydrogen (secondary N) is 2. The molecule has 98 valence electrons. The van der Waals surface area contributed by atoms with Crippen LogP contribution in [0.25, 0.3) is 0 Å². The van der Waals surface area contributed by atoms with Gasteiger partial charge in [-0.05, 0) is 46.3 Å². The lowest BCUT2D eigenvalue weighted by atomic mass is 10.1. The Labute approximate surface area is 131 Å². The predicted octanol–water partition coefficient (Wildman–Crippen LogP) is 4.06. The number of carbonyl (C=O) groups excluding carboxylic acids is 1. The van der Waals surface area contributed by atoms with Crippen LogP contribution in [-0.2, 0) is 11.3 Å². The fourth-order valence-electron chi connectivity index (χ4n) is 2.08. The molecule has 1 aromatic carbocycles. The highest BCUT2D eigenvalue weighted by Gasteiger charge is 2.30. The first-order chi connectivity index (χ1) is 9.13. The van der Waals surface area contributed by atoms with E-state index in [2.05, 4.69) is 48.6 Å². The smallest absolute Gasteiger partial charge is 0.246 e. The number of fused-ring (bicyclic) bond motifs is 1. The number of thiophene rings is 1. The van der Waals surface area contributed by atoms with Gasteiger partial charge in [0.05, 0.1) is 3.79 Å². The molecule has 19 heavy (non-hydrogen) atoms. The van der Waals surface area contributed by atoms with E-state index in [9.17, 15) is 4.79 Å². The molecule has 1 unspecified atom stereocenters. The summed E-state index contributed by atoms with van der Waals surface area (Å²) in [5, 5.41) is 6.19. The molecule has 2 N–H and O–H groups in total. The Bertz CT molecular complexity index is 641. The largest absolute Gasteiger partial charge is 0.324 e. The summed E-state index contributed by atoms with van der Waals surface area (Å²) in [6, 6.07) is 9.61. The van der Waals surface area contributed by atoms with Gasteiger partial charge in [-0.15, -0.1) is 11.3 Å². The van der Waals surface area contributed by atoms with Crippen molar-refractivity contribution in [2.45, 2.75) is 12.6 Å². The quantitative estimate of drug-likeness (QED) is 0.814. The molecule has 0 spiro atoms. The van der Waals surface area contributed by atoms with Gasteiger partial charge in [-0.2, -0.15) is 0 Å². The van der Waals surface area contributed by atoms with E-state index in [0.717, 1.165) is 19.5 Å². The van der Waals surface area contributed by atoms with Crippen LogP contribution in [-0.4, -0.2) is 5.91 Å². The Morgan fingerprint density at radius 1 is 1.26 bits per heavy atom. The van der Waals surface area contributed by atoms with E-state index in [4.69, 9.17) is 0 Å². The molecular formula is C13H10Br2N2OS. The first kappa shape index (κ1) is 13.3. The highest BCUT2D eigenvalue weighted by Crippen LogP contribution is 2.33. The van der Waals surface area contributed by atoms with Gasteiger partial charge in [0.2, 0.25) is 5.91 Å². The fourth-order valence-corrected chi connectivity index (χ4v) is 3.90. The van der Waals surface area contributed by atoms with Crippen molar-refractivity contribution in [2.75, 3.05) is 5.32 Å². The van der Waals surface area contributed by atoms with Gasteiger partial charge in [-0.25, -0.2) is 0 Å². The van der Waals surface area contributed by atoms with Gasteiger partial charge in [-0.1, -0.05) is 15.9 Å². The molecule has 2 aromatic rings. The van der Waals surface area contributed by atoms with Crippen LogP contribution >= 0.6 is 43.2 Å². The second-order valence-electron chi connectivity index (χ2n) is 4.24. The summed E-state index contributed by atoms with van der Waals surface area (Å²) in [6.07, 6.45) is 0. The van der Waals surface area contributed by atoms with Gasteiger partial charge in [0.25, 0.3) is 0 Å². The van der Waals surface area contributed by atoms with Gasteiger partial charge in [0.1, 0.15) is 6.04 Å². The lowest BCUT2D eigenvalue weighted by molar-refractivity contribution is -0.117. The van der Waals surface area contributed by atoms with Gasteiger partial charge >= 0.3 is 0 Å². The van der Waals surface area contributed by atoms with E-state index in [1.807, 2.05) is 24.3 Å². The lowest BCUT2D eigenvalue weighted by Gasteiger charge is -2.10. The highest BCUT2D eigenvalue weighted by atomic mass is 79.9. The van der Waals surface area contributed by atoms with Crippen LogP contribution in [0.2, 0.25) is 0 Å². The molecule has 2 heterocycles. The number of anilines is 1. The third-order valence-corrected chi connectivity index (χ3v) is 5.07. The summed E-state index contributed by atoms with van der Waals surface area (Å²) < 4.78 is 2.08. The van der Waals surface area contributed by atoms with Crippen molar-refractivity contribution in [3.63, 3.8) is 0 Å². The molecule has 1 aliphatic heterocycles. The summed E-state index contributed by atoms with van der Waals surface area (Å²) >= 11 is 8.55. The van der Waals surface area contributed by atoms with Gasteiger partial charge < -0.3 is 5.32 Å². The summed E-state index contributed by atoms with van der Waals surface area (Å²) in [5.41, 5.74) is 1.88. The van der Waals surface area contributed by atoms with Gasteiger partial charge in [-0.3, -0.25) is 10.1 Å². The molecule has 1 amide bonds. The number of halogens is 2. The maximum Gasteiger partial charge on any atom is 0.246 e. The highest BCUT2D eigenvalue weighted by molar-refractivity contribution is 9.11. The van der Waals surface area contributed by atoms with E-state index in [1.165, 1.54) is 4.88 Å². The molecule has 0 fully saturated rings. The number of hydrogen-bond donors (Lipinski definition) is 2. The molecule has 0 bridgehead atoms. The maximum atomic E-state index is 12.0. The zero-order valence-corrected chi connectivity index (χ0v) is 13.7. The van der Waals surface area contributed by atoms with Crippen molar-refractivity contribution < 1.29 is 4.79 Å². The predicted molar refractivity (Wildman–Crippen MR) is 84.4 cm³/mol. The van der Waals surface area contributed by atoms with Gasteiger partial charge in [0.15, 0.2) is 0 Å². The SMILES string of the molecule is O=C1Nc2ccc(Br)cc2C1NCc1ccc(Br)s1. The normalized spacial score (nSPS) is 17.4. The zero-order chi connectivity index (χ0) is 13.4. The molecule has 0 aliphatic carbocycles. The number of carbonyl (C=O) groups is 1. The van der Waals surface area contributed by atoms with Crippen LogP contribution < -0.4 is 10.6 Å². The van der Waals surface area contributed by atoms with Crippen LogP contribution in [0.4, 0.5) is 5.69 Å². The molecule has 0 radical (unpaired) electrons. The second-order valence-corrected chi connectivity index (χ2v) is 7.70. The Kier molecular flexibility index (Phi) is 3.75. The molecule has 0 saturated carbocycles. The Morgan fingerprint density at radius 3 is 2.84 bits per heavy atom. The summed E-state index contributed by atoms with van der Waals surface area (Å²) in [5.74, 6) is 0.00345. The first-order valence-electron chi connectivity index (χ1n) is 5.71. The third-order valence-electron chi connectivity index (χ3n) is 2.95. The monoisotopic (exact) mass is 400 g/mol. The van der Waals surface area contributed by atoms with Crippen LogP contribution in [0.3, 0.4) is 0 Å². The molecule has 6 heteroatoms. The van der Waals surface area contributed by atoms with Crippen LogP contribution in [0, 0.1) is 0 Å². The molecule has 3 nitrogen and oxygen atoms in total. The molecule has 1 aromatic heterocycles. The maximum absolute atomic E-state index is 12.0. The topological polar surface area (TPSA) is 41.1 Å². The number of rotatable bonds is 3. The first-order valence-corrected chi connectivity index (χ1v) is 8.11. The molecule has 1 atom stereocenters. The van der Waals surface area contributed by atoms with Crippen LogP contribution in [0.15, 0.2) is 38.6 Å². The number of amides is 1. The van der Waals surface area contributed by atoms with E-state index in [1.54, 1.807) is 11.3 Å². The average Bonchev–Trinajstić information content (AvgIpc) is 2.90. The van der Waals surface area contributed by atoms with Crippen molar-refractivity contribution in [2.24, 2.45) is 0 Å². The standard InChI is InChI=1S/C13H10Br2N2OS/c14-7-1-3-10-9(5-7)12(13(18)17-10)16-6-8-2-4-11(15)19-8/h1-5,12,16H,6H2,(H,17,18). The van der Waals surface area contributed by atoms with Crippen LogP contribution in [0.5, 0.6) is 0 Å². The van der Waals surface area contributed by atoms with E-state index >= 15 is 0 Å². The lowest BCUT2D eigenvalue weighted by Crippen LogP contribution is -2.26. The van der Waals surface area contributed by atoms with Crippen molar-refractivity contribution in [3.8, 4) is 0 Å². The van der Waals surface area contributed by atoms with E-state index in [0.29, 0.717) is 6.54 Å². The van der Waals surface area contributed by atoms with E-state index < -0.39 is 0 Å². The molecule has 0 saturated heterocycles. The van der Waals surface area contributed by atoms with Crippen molar-refractivity contribution in [3.05, 3.63) is 49.0 Å². The third kappa shape index (κ3) is 2.76. The molecule has 3 rings (SSSR count). The number of hydrogen-bond acceptors (Lipinski definition) is 3. The Morgan fingerprint density at radius 2 is 2.11 bits per heavy atom. The minimum Gasteiger partial charge on any atom is -0.324 e. The van der Waals surface area contributed by atoms with Crippen molar-refractivity contribution in [1.82, 2.24) is 5.32 Å². The minimum atomic E-state index is -0.284. The average molecular weight is 402 g/mol. The zero-order valence-electron chi connectivity index (χ0n) is 9.74. The summed E-state index contributed by atoms with van der Waals surface area (Å²) in [7, 11) is 0. The molecule has 1 aliphatic rings. The van der Waals surface area contributed by atoms with Crippen molar-refractivity contribution >= 4 is 54.8 Å².